The number of anilines is 1. The number of rotatable bonds is 5. The molecular formula is C21H26N2O. The first-order valence-electron chi connectivity index (χ1n) is 8.76. The molecule has 126 valence electrons. The fourth-order valence-electron chi connectivity index (χ4n) is 3.71. The van der Waals surface area contributed by atoms with Crippen molar-refractivity contribution in [3.63, 3.8) is 0 Å². The first-order chi connectivity index (χ1) is 11.6. The molecule has 3 heteroatoms. The van der Waals surface area contributed by atoms with E-state index >= 15 is 0 Å². The fourth-order valence-corrected chi connectivity index (χ4v) is 3.71. The zero-order chi connectivity index (χ0) is 17.1. The molecule has 0 spiro atoms. The average Bonchev–Trinajstić information content (AvgIpc) is 3.00. The van der Waals surface area contributed by atoms with Crippen molar-refractivity contribution in [2.24, 2.45) is 0 Å². The third kappa shape index (κ3) is 3.36. The van der Waals surface area contributed by atoms with E-state index in [2.05, 4.69) is 47.5 Å². The SMILES string of the molecule is CCc1cccc(C)c1NC(=O)CN(C)C1CCc2ccccc21. The quantitative estimate of drug-likeness (QED) is 0.898. The number of benzene rings is 2. The lowest BCUT2D eigenvalue weighted by atomic mass is 10.1. The maximum atomic E-state index is 12.6. The van der Waals surface area contributed by atoms with E-state index in [4.69, 9.17) is 0 Å². The molecule has 1 amide bonds. The normalized spacial score (nSPS) is 16.2. The number of para-hydroxylation sites is 1. The van der Waals surface area contributed by atoms with Crippen LogP contribution in [0.2, 0.25) is 0 Å². The van der Waals surface area contributed by atoms with Crippen molar-refractivity contribution in [3.05, 3.63) is 64.7 Å². The van der Waals surface area contributed by atoms with Crippen LogP contribution in [-0.2, 0) is 17.6 Å². The van der Waals surface area contributed by atoms with E-state index in [0.29, 0.717) is 12.6 Å². The topological polar surface area (TPSA) is 32.3 Å². The van der Waals surface area contributed by atoms with Gasteiger partial charge in [-0.2, -0.15) is 0 Å². The van der Waals surface area contributed by atoms with Gasteiger partial charge in [0.2, 0.25) is 5.91 Å². The number of nitrogens with zero attached hydrogens (tertiary/aromatic N) is 1. The minimum atomic E-state index is 0.0610. The molecule has 0 bridgehead atoms. The molecule has 1 aliphatic rings. The van der Waals surface area contributed by atoms with Gasteiger partial charge in [0.25, 0.3) is 0 Å². The summed E-state index contributed by atoms with van der Waals surface area (Å²) in [6.45, 7) is 4.58. The molecule has 1 N–H and O–H groups in total. The van der Waals surface area contributed by atoms with Crippen LogP contribution in [0.5, 0.6) is 0 Å². The van der Waals surface area contributed by atoms with Gasteiger partial charge in [-0.05, 0) is 55.5 Å². The van der Waals surface area contributed by atoms with Crippen molar-refractivity contribution in [3.8, 4) is 0 Å². The third-order valence-corrected chi connectivity index (χ3v) is 5.03. The Balaban J connectivity index is 1.68. The van der Waals surface area contributed by atoms with Crippen molar-refractivity contribution < 1.29 is 4.79 Å². The maximum absolute atomic E-state index is 12.6. The molecule has 0 aromatic heterocycles. The number of hydrogen-bond acceptors (Lipinski definition) is 2. The van der Waals surface area contributed by atoms with Gasteiger partial charge in [-0.25, -0.2) is 0 Å². The summed E-state index contributed by atoms with van der Waals surface area (Å²) >= 11 is 0. The summed E-state index contributed by atoms with van der Waals surface area (Å²) in [6, 6.07) is 15.1. The summed E-state index contributed by atoms with van der Waals surface area (Å²) in [6.07, 6.45) is 3.11. The van der Waals surface area contributed by atoms with Crippen LogP contribution in [0.3, 0.4) is 0 Å². The van der Waals surface area contributed by atoms with Gasteiger partial charge >= 0.3 is 0 Å². The second-order valence-electron chi connectivity index (χ2n) is 6.68. The lowest BCUT2D eigenvalue weighted by molar-refractivity contribution is -0.117. The molecule has 1 aliphatic carbocycles. The average molecular weight is 322 g/mol. The van der Waals surface area contributed by atoms with Crippen molar-refractivity contribution in [1.29, 1.82) is 0 Å². The summed E-state index contributed by atoms with van der Waals surface area (Å²) in [5.74, 6) is 0.0610. The van der Waals surface area contributed by atoms with Crippen molar-refractivity contribution in [1.82, 2.24) is 4.90 Å². The molecule has 2 aromatic carbocycles. The molecule has 0 heterocycles. The highest BCUT2D eigenvalue weighted by Crippen LogP contribution is 2.34. The number of nitrogens with one attached hydrogen (secondary N) is 1. The molecule has 0 aliphatic heterocycles. The molecule has 3 nitrogen and oxygen atoms in total. The molecule has 1 atom stereocenters. The predicted octanol–water partition coefficient (Wildman–Crippen LogP) is 4.12. The van der Waals surface area contributed by atoms with E-state index in [1.165, 1.54) is 16.7 Å². The van der Waals surface area contributed by atoms with Crippen LogP contribution in [0.15, 0.2) is 42.5 Å². The summed E-state index contributed by atoms with van der Waals surface area (Å²) in [5, 5.41) is 3.13. The Morgan fingerprint density at radius 3 is 2.79 bits per heavy atom. The number of carbonyl (C=O) groups is 1. The molecule has 0 saturated carbocycles. The standard InChI is InChI=1S/C21H26N2O/c1-4-16-10-7-8-15(2)21(16)22-20(24)14-23(3)19-13-12-17-9-5-6-11-18(17)19/h5-11,19H,4,12-14H2,1-3H3,(H,22,24). The van der Waals surface area contributed by atoms with E-state index in [9.17, 15) is 4.79 Å². The Morgan fingerprint density at radius 2 is 2.00 bits per heavy atom. The number of likely N-dealkylation sites (N-methyl/N-ethyl adjacent to an activating group) is 1. The smallest absolute Gasteiger partial charge is 0.238 e. The highest BCUT2D eigenvalue weighted by molar-refractivity contribution is 5.93. The Bertz CT molecular complexity index is 738. The molecule has 0 saturated heterocycles. The molecule has 1 unspecified atom stereocenters. The van der Waals surface area contributed by atoms with Gasteiger partial charge in [-0.15, -0.1) is 0 Å². The lowest BCUT2D eigenvalue weighted by Crippen LogP contribution is -2.32. The summed E-state index contributed by atoms with van der Waals surface area (Å²) in [7, 11) is 2.05. The molecular weight excluding hydrogens is 296 g/mol. The molecule has 24 heavy (non-hydrogen) atoms. The van der Waals surface area contributed by atoms with E-state index in [1.807, 2.05) is 26.1 Å². The van der Waals surface area contributed by atoms with Gasteiger partial charge in [-0.1, -0.05) is 49.4 Å². The van der Waals surface area contributed by atoms with Gasteiger partial charge in [0.1, 0.15) is 0 Å². The fraction of sp³-hybridized carbons (Fsp3) is 0.381. The van der Waals surface area contributed by atoms with E-state index in [1.54, 1.807) is 0 Å². The van der Waals surface area contributed by atoms with Crippen LogP contribution < -0.4 is 5.32 Å². The molecule has 0 radical (unpaired) electrons. The van der Waals surface area contributed by atoms with Gasteiger partial charge in [-0.3, -0.25) is 9.69 Å². The van der Waals surface area contributed by atoms with Crippen LogP contribution >= 0.6 is 0 Å². The molecule has 3 rings (SSSR count). The van der Waals surface area contributed by atoms with E-state index < -0.39 is 0 Å². The van der Waals surface area contributed by atoms with Crippen LogP contribution in [0.4, 0.5) is 5.69 Å². The van der Waals surface area contributed by atoms with Crippen molar-refractivity contribution in [2.75, 3.05) is 18.9 Å². The Labute approximate surface area is 144 Å². The number of carbonyl (C=O) groups excluding carboxylic acids is 1. The largest absolute Gasteiger partial charge is 0.324 e. The van der Waals surface area contributed by atoms with Crippen LogP contribution in [0.25, 0.3) is 0 Å². The van der Waals surface area contributed by atoms with Gasteiger partial charge in [0.05, 0.1) is 6.54 Å². The third-order valence-electron chi connectivity index (χ3n) is 5.03. The second kappa shape index (κ2) is 7.18. The first kappa shape index (κ1) is 16.7. The zero-order valence-electron chi connectivity index (χ0n) is 14.8. The highest BCUT2D eigenvalue weighted by Gasteiger charge is 2.26. The van der Waals surface area contributed by atoms with Gasteiger partial charge in [0, 0.05) is 11.7 Å². The summed E-state index contributed by atoms with van der Waals surface area (Å²) in [5.41, 5.74) is 6.08. The molecule has 2 aromatic rings. The van der Waals surface area contributed by atoms with Crippen LogP contribution in [0.1, 0.15) is 41.6 Å². The number of aryl methyl sites for hydroxylation is 3. The predicted molar refractivity (Wildman–Crippen MR) is 99.3 cm³/mol. The number of hydrogen-bond donors (Lipinski definition) is 1. The zero-order valence-corrected chi connectivity index (χ0v) is 14.8. The van der Waals surface area contributed by atoms with Crippen molar-refractivity contribution in [2.45, 2.75) is 39.2 Å². The Kier molecular flexibility index (Phi) is 5.00. The minimum absolute atomic E-state index is 0.0610. The first-order valence-corrected chi connectivity index (χ1v) is 8.76. The second-order valence-corrected chi connectivity index (χ2v) is 6.68. The van der Waals surface area contributed by atoms with Gasteiger partial charge < -0.3 is 5.32 Å². The van der Waals surface area contributed by atoms with Crippen LogP contribution in [0, 0.1) is 6.92 Å². The maximum Gasteiger partial charge on any atom is 0.238 e. The summed E-state index contributed by atoms with van der Waals surface area (Å²) < 4.78 is 0. The minimum Gasteiger partial charge on any atom is -0.324 e. The van der Waals surface area contributed by atoms with E-state index in [-0.39, 0.29) is 5.91 Å². The summed E-state index contributed by atoms with van der Waals surface area (Å²) in [4.78, 5) is 14.7. The Hall–Kier alpha value is -2.13. The lowest BCUT2D eigenvalue weighted by Gasteiger charge is -2.25. The van der Waals surface area contributed by atoms with Crippen LogP contribution in [-0.4, -0.2) is 24.4 Å². The number of amides is 1. The highest BCUT2D eigenvalue weighted by atomic mass is 16.2. The van der Waals surface area contributed by atoms with Gasteiger partial charge in [0.15, 0.2) is 0 Å². The van der Waals surface area contributed by atoms with Crippen molar-refractivity contribution >= 4 is 11.6 Å². The number of fused-ring (bicyclic) bond motifs is 1. The molecule has 0 fully saturated rings. The Morgan fingerprint density at radius 1 is 1.21 bits per heavy atom. The van der Waals surface area contributed by atoms with E-state index in [0.717, 1.165) is 30.5 Å². The monoisotopic (exact) mass is 322 g/mol.